The van der Waals surface area contributed by atoms with E-state index >= 15 is 0 Å². The van der Waals surface area contributed by atoms with Crippen LogP contribution in [0.2, 0.25) is 10.2 Å². The molecule has 20 heavy (non-hydrogen) atoms. The number of nitrogens with two attached hydrogens (primary N) is 1. The van der Waals surface area contributed by atoms with Crippen LogP contribution >= 0.6 is 35.0 Å². The topological polar surface area (TPSA) is 93.4 Å². The summed E-state index contributed by atoms with van der Waals surface area (Å²) in [6.45, 7) is 0. The van der Waals surface area contributed by atoms with Gasteiger partial charge in [-0.1, -0.05) is 23.2 Å². The molecule has 102 valence electrons. The number of nitrogens with one attached hydrogen (secondary N) is 1. The molecule has 0 unspecified atom stereocenters. The Bertz CT molecular complexity index is 754. The number of hydrogen-bond donors (Lipinski definition) is 2. The molecule has 6 nitrogen and oxygen atoms in total. The van der Waals surface area contributed by atoms with Crippen LogP contribution in [0.15, 0.2) is 23.2 Å². The first kappa shape index (κ1) is 13.4. The Morgan fingerprint density at radius 3 is 2.95 bits per heavy atom. The van der Waals surface area contributed by atoms with E-state index in [4.69, 9.17) is 28.9 Å². The second-order valence-electron chi connectivity index (χ2n) is 3.89. The lowest BCUT2D eigenvalue weighted by atomic mass is 10.3. The van der Waals surface area contributed by atoms with E-state index in [2.05, 4.69) is 25.4 Å². The highest BCUT2D eigenvalue weighted by Gasteiger charge is 2.12. The van der Waals surface area contributed by atoms with Crippen molar-refractivity contribution in [2.75, 3.05) is 5.73 Å². The molecule has 0 aliphatic heterocycles. The van der Waals surface area contributed by atoms with Crippen LogP contribution in [0.5, 0.6) is 0 Å². The molecule has 3 aromatic rings. The highest BCUT2D eigenvalue weighted by atomic mass is 35.5. The summed E-state index contributed by atoms with van der Waals surface area (Å²) in [7, 11) is 0. The minimum Gasteiger partial charge on any atom is -0.384 e. The van der Waals surface area contributed by atoms with E-state index in [1.54, 1.807) is 18.3 Å². The van der Waals surface area contributed by atoms with Gasteiger partial charge in [0.2, 0.25) is 5.65 Å². The van der Waals surface area contributed by atoms with Crippen LogP contribution in [0.25, 0.3) is 11.2 Å². The maximum atomic E-state index is 6.12. The number of nitrogens with zero attached hydrogens (tertiary/aromatic N) is 4. The smallest absolute Gasteiger partial charge is 0.204 e. The first-order chi connectivity index (χ1) is 9.65. The molecule has 0 saturated carbocycles. The third kappa shape index (κ3) is 2.52. The van der Waals surface area contributed by atoms with Crippen LogP contribution in [0.1, 0.15) is 5.56 Å². The number of fused-ring (bicyclic) bond motifs is 1. The Morgan fingerprint density at radius 2 is 2.15 bits per heavy atom. The van der Waals surface area contributed by atoms with E-state index in [0.717, 1.165) is 10.5 Å². The Balaban J connectivity index is 1.92. The third-order valence-corrected chi connectivity index (χ3v) is 4.33. The molecule has 0 fully saturated rings. The first-order valence-electron chi connectivity index (χ1n) is 5.54. The van der Waals surface area contributed by atoms with Gasteiger partial charge in [0.15, 0.2) is 0 Å². The minimum absolute atomic E-state index is 0.386. The summed E-state index contributed by atoms with van der Waals surface area (Å²) in [5.41, 5.74) is 7.66. The van der Waals surface area contributed by atoms with E-state index in [1.165, 1.54) is 11.8 Å². The lowest BCUT2D eigenvalue weighted by molar-refractivity contribution is 0.953. The Hall–Kier alpha value is -1.57. The van der Waals surface area contributed by atoms with Crippen molar-refractivity contribution in [1.82, 2.24) is 25.4 Å². The van der Waals surface area contributed by atoms with Crippen LogP contribution in [0, 0.1) is 0 Å². The minimum atomic E-state index is 0.386. The van der Waals surface area contributed by atoms with E-state index in [9.17, 15) is 0 Å². The molecular weight excluding hydrogens is 319 g/mol. The molecule has 0 atom stereocenters. The average molecular weight is 327 g/mol. The highest BCUT2D eigenvalue weighted by Crippen LogP contribution is 2.33. The second kappa shape index (κ2) is 5.43. The maximum absolute atomic E-state index is 6.12. The number of thioether (sulfide) groups is 1. The van der Waals surface area contributed by atoms with Crippen molar-refractivity contribution < 1.29 is 0 Å². The quantitative estimate of drug-likeness (QED) is 0.567. The van der Waals surface area contributed by atoms with Crippen molar-refractivity contribution in [3.05, 3.63) is 34.1 Å². The van der Waals surface area contributed by atoms with E-state index in [0.29, 0.717) is 32.9 Å². The van der Waals surface area contributed by atoms with Gasteiger partial charge in [0, 0.05) is 27.4 Å². The number of hydrogen-bond acceptors (Lipinski definition) is 6. The summed E-state index contributed by atoms with van der Waals surface area (Å²) in [5.74, 6) is 0.939. The van der Waals surface area contributed by atoms with Crippen molar-refractivity contribution in [1.29, 1.82) is 0 Å². The number of anilines is 1. The summed E-state index contributed by atoms with van der Waals surface area (Å²) < 4.78 is 0. The molecule has 0 saturated heterocycles. The van der Waals surface area contributed by atoms with Crippen molar-refractivity contribution in [2.45, 2.75) is 10.6 Å². The van der Waals surface area contributed by atoms with Crippen molar-refractivity contribution in [2.24, 2.45) is 0 Å². The van der Waals surface area contributed by atoms with Crippen LogP contribution < -0.4 is 5.73 Å². The van der Waals surface area contributed by atoms with Crippen LogP contribution in [-0.4, -0.2) is 25.4 Å². The van der Waals surface area contributed by atoms with E-state index in [1.807, 2.05) is 0 Å². The summed E-state index contributed by atoms with van der Waals surface area (Å²) in [6, 6.07) is 3.45. The molecule has 3 rings (SSSR count). The maximum Gasteiger partial charge on any atom is 0.204 e. The van der Waals surface area contributed by atoms with Crippen LogP contribution in [0.4, 0.5) is 5.82 Å². The van der Waals surface area contributed by atoms with Crippen molar-refractivity contribution >= 4 is 51.9 Å². The van der Waals surface area contributed by atoms with Gasteiger partial charge in [0.05, 0.1) is 0 Å². The molecule has 0 amide bonds. The summed E-state index contributed by atoms with van der Waals surface area (Å²) in [6.07, 6.45) is 1.57. The fourth-order valence-corrected chi connectivity index (χ4v) is 3.37. The fourth-order valence-electron chi connectivity index (χ4n) is 1.66. The number of pyridine rings is 2. The molecular formula is C11H8Cl2N6S. The zero-order valence-corrected chi connectivity index (χ0v) is 12.3. The predicted molar refractivity (Wildman–Crippen MR) is 79.9 cm³/mol. The van der Waals surface area contributed by atoms with Gasteiger partial charge < -0.3 is 5.73 Å². The number of halogens is 2. The lowest BCUT2D eigenvalue weighted by Gasteiger charge is -2.06. The molecule has 0 bridgehead atoms. The number of nitrogen functional groups attached to an aromatic ring is 1. The zero-order valence-electron chi connectivity index (χ0n) is 9.97. The largest absolute Gasteiger partial charge is 0.384 e. The SMILES string of the molecule is Nc1cc(SCc2c(Cl)ccnc2Cl)c2n[nH]nc2n1. The Morgan fingerprint density at radius 1 is 1.30 bits per heavy atom. The summed E-state index contributed by atoms with van der Waals surface area (Å²) in [5, 5.41) is 11.5. The van der Waals surface area contributed by atoms with Gasteiger partial charge in [0.25, 0.3) is 0 Å². The van der Waals surface area contributed by atoms with Gasteiger partial charge in [0.1, 0.15) is 16.5 Å². The molecule has 0 aromatic carbocycles. The Kier molecular flexibility index (Phi) is 3.64. The van der Waals surface area contributed by atoms with E-state index in [-0.39, 0.29) is 0 Å². The summed E-state index contributed by atoms with van der Waals surface area (Å²) in [4.78, 5) is 8.96. The number of H-pyrrole nitrogens is 1. The predicted octanol–water partition coefficient (Wildman–Crippen LogP) is 2.93. The number of aromatic amines is 1. The molecule has 3 N–H and O–H groups in total. The van der Waals surface area contributed by atoms with Gasteiger partial charge >= 0.3 is 0 Å². The standard InChI is InChI=1S/C11H8Cl2N6S/c12-6-1-2-15-10(13)5(6)4-20-7-3-8(14)16-11-9(7)17-19-18-11/h1-3H,4H2,(H3,14,16,17,18,19). The number of aromatic nitrogens is 5. The van der Waals surface area contributed by atoms with Gasteiger partial charge in [-0.15, -0.1) is 16.9 Å². The monoisotopic (exact) mass is 326 g/mol. The zero-order chi connectivity index (χ0) is 14.1. The second-order valence-corrected chi connectivity index (χ2v) is 5.67. The average Bonchev–Trinajstić information content (AvgIpc) is 2.86. The lowest BCUT2D eigenvalue weighted by Crippen LogP contribution is -1.93. The van der Waals surface area contributed by atoms with Crippen molar-refractivity contribution in [3.8, 4) is 0 Å². The Labute approximate surface area is 128 Å². The van der Waals surface area contributed by atoms with Gasteiger partial charge in [-0.25, -0.2) is 9.97 Å². The molecule has 0 aliphatic rings. The molecule has 3 heterocycles. The number of rotatable bonds is 3. The highest BCUT2D eigenvalue weighted by molar-refractivity contribution is 7.98. The third-order valence-electron chi connectivity index (χ3n) is 2.59. The van der Waals surface area contributed by atoms with Crippen LogP contribution in [0.3, 0.4) is 0 Å². The van der Waals surface area contributed by atoms with Crippen LogP contribution in [-0.2, 0) is 5.75 Å². The fraction of sp³-hybridized carbons (Fsp3) is 0.0909. The summed E-state index contributed by atoms with van der Waals surface area (Å²) >= 11 is 13.7. The van der Waals surface area contributed by atoms with Gasteiger partial charge in [-0.05, 0) is 12.1 Å². The molecule has 0 spiro atoms. The molecule has 9 heteroatoms. The molecule has 3 aromatic heterocycles. The van der Waals surface area contributed by atoms with Gasteiger partial charge in [-0.3, -0.25) is 0 Å². The molecule has 0 aliphatic carbocycles. The van der Waals surface area contributed by atoms with Crippen molar-refractivity contribution in [3.63, 3.8) is 0 Å². The van der Waals surface area contributed by atoms with E-state index < -0.39 is 0 Å². The normalized spacial score (nSPS) is 11.1. The molecule has 0 radical (unpaired) electrons. The first-order valence-corrected chi connectivity index (χ1v) is 7.28. The van der Waals surface area contributed by atoms with Gasteiger partial charge in [-0.2, -0.15) is 10.3 Å².